The molecule has 3 nitrogen and oxygen atoms in total. The smallest absolute Gasteiger partial charge is 0.134 e. The van der Waals surface area contributed by atoms with Gasteiger partial charge in [0.25, 0.3) is 0 Å². The maximum Gasteiger partial charge on any atom is 0.134 e. The zero-order chi connectivity index (χ0) is 14.3. The molecule has 0 saturated heterocycles. The Morgan fingerprint density at radius 2 is 1.68 bits per heavy atom. The largest absolute Gasteiger partial charge is 0.392 e. The van der Waals surface area contributed by atoms with Gasteiger partial charge in [-0.2, -0.15) is 0 Å². The standard InChI is InChI=1S/C16H28N2O/c1-5-7-9-18(10-8-6-2)16-15(12-19)13(3)11-14(4)17-16/h11,19H,5-10,12H2,1-4H3. The molecular formula is C16H28N2O. The number of unbranched alkanes of at least 4 members (excludes halogenated alkanes) is 2. The molecule has 0 atom stereocenters. The van der Waals surface area contributed by atoms with Crippen molar-refractivity contribution in [3.05, 3.63) is 22.9 Å². The first kappa shape index (κ1) is 16.0. The Hall–Kier alpha value is -1.09. The van der Waals surface area contributed by atoms with E-state index in [0.717, 1.165) is 35.7 Å². The van der Waals surface area contributed by atoms with Gasteiger partial charge in [-0.15, -0.1) is 0 Å². The summed E-state index contributed by atoms with van der Waals surface area (Å²) in [6.07, 6.45) is 4.70. The van der Waals surface area contributed by atoms with Gasteiger partial charge in [0.2, 0.25) is 0 Å². The van der Waals surface area contributed by atoms with Gasteiger partial charge in [-0.05, 0) is 38.3 Å². The maximum absolute atomic E-state index is 9.62. The SMILES string of the molecule is CCCCN(CCCC)c1nc(C)cc(C)c1CO. The van der Waals surface area contributed by atoms with Gasteiger partial charge >= 0.3 is 0 Å². The summed E-state index contributed by atoms with van der Waals surface area (Å²) in [5.41, 5.74) is 3.16. The van der Waals surface area contributed by atoms with Gasteiger partial charge in [-0.3, -0.25) is 0 Å². The van der Waals surface area contributed by atoms with Crippen molar-refractivity contribution in [3.63, 3.8) is 0 Å². The number of hydrogen-bond acceptors (Lipinski definition) is 3. The Morgan fingerprint density at radius 1 is 1.11 bits per heavy atom. The molecule has 1 aromatic rings. The monoisotopic (exact) mass is 264 g/mol. The summed E-state index contributed by atoms with van der Waals surface area (Å²) >= 11 is 0. The van der Waals surface area contributed by atoms with E-state index in [-0.39, 0.29) is 6.61 Å². The second-order valence-corrected chi connectivity index (χ2v) is 5.23. The summed E-state index contributed by atoms with van der Waals surface area (Å²) in [4.78, 5) is 7.02. The van der Waals surface area contributed by atoms with Gasteiger partial charge in [0.15, 0.2) is 0 Å². The van der Waals surface area contributed by atoms with Crippen LogP contribution in [0, 0.1) is 13.8 Å². The van der Waals surface area contributed by atoms with Crippen molar-refractivity contribution < 1.29 is 5.11 Å². The molecule has 3 heteroatoms. The van der Waals surface area contributed by atoms with E-state index in [4.69, 9.17) is 0 Å². The van der Waals surface area contributed by atoms with Crippen LogP contribution in [0.3, 0.4) is 0 Å². The molecule has 0 aliphatic rings. The van der Waals surface area contributed by atoms with Gasteiger partial charge in [0, 0.05) is 24.3 Å². The molecule has 108 valence electrons. The zero-order valence-electron chi connectivity index (χ0n) is 12.9. The van der Waals surface area contributed by atoms with Gasteiger partial charge in [-0.1, -0.05) is 26.7 Å². The first-order chi connectivity index (χ1) is 9.13. The van der Waals surface area contributed by atoms with E-state index < -0.39 is 0 Å². The van der Waals surface area contributed by atoms with Crippen LogP contribution in [0.15, 0.2) is 6.07 Å². The van der Waals surface area contributed by atoms with Gasteiger partial charge in [-0.25, -0.2) is 4.98 Å². The van der Waals surface area contributed by atoms with E-state index in [1.54, 1.807) is 0 Å². The predicted octanol–water partition coefficient (Wildman–Crippen LogP) is 3.60. The number of pyridine rings is 1. The van der Waals surface area contributed by atoms with E-state index in [0.29, 0.717) is 0 Å². The lowest BCUT2D eigenvalue weighted by Crippen LogP contribution is -2.28. The van der Waals surface area contributed by atoms with Crippen LogP contribution in [0.5, 0.6) is 0 Å². The molecule has 1 heterocycles. The Labute approximate surface area is 117 Å². The highest BCUT2D eigenvalue weighted by molar-refractivity contribution is 5.51. The third-order valence-electron chi connectivity index (χ3n) is 3.47. The van der Waals surface area contributed by atoms with Crippen molar-refractivity contribution in [2.24, 2.45) is 0 Å². The number of aromatic nitrogens is 1. The molecule has 0 saturated carbocycles. The molecule has 1 N–H and O–H groups in total. The van der Waals surface area contributed by atoms with E-state index in [2.05, 4.69) is 30.7 Å². The third kappa shape index (κ3) is 4.50. The quantitative estimate of drug-likeness (QED) is 0.779. The van der Waals surface area contributed by atoms with Gasteiger partial charge in [0.1, 0.15) is 5.82 Å². The number of aliphatic hydroxyl groups is 1. The van der Waals surface area contributed by atoms with Crippen molar-refractivity contribution in [2.45, 2.75) is 60.0 Å². The summed E-state index contributed by atoms with van der Waals surface area (Å²) < 4.78 is 0. The summed E-state index contributed by atoms with van der Waals surface area (Å²) in [5, 5.41) is 9.62. The fourth-order valence-corrected chi connectivity index (χ4v) is 2.32. The topological polar surface area (TPSA) is 36.4 Å². The average molecular weight is 264 g/mol. The summed E-state index contributed by atoms with van der Waals surface area (Å²) in [6.45, 7) is 10.6. The Bertz CT molecular complexity index is 383. The minimum absolute atomic E-state index is 0.0726. The number of anilines is 1. The van der Waals surface area contributed by atoms with Crippen LogP contribution >= 0.6 is 0 Å². The molecule has 0 unspecified atom stereocenters. The predicted molar refractivity (Wildman–Crippen MR) is 81.7 cm³/mol. The van der Waals surface area contributed by atoms with Crippen LogP contribution in [-0.2, 0) is 6.61 Å². The van der Waals surface area contributed by atoms with Crippen LogP contribution in [0.4, 0.5) is 5.82 Å². The highest BCUT2D eigenvalue weighted by Crippen LogP contribution is 2.23. The number of rotatable bonds is 8. The van der Waals surface area contributed by atoms with Gasteiger partial charge < -0.3 is 10.0 Å². The average Bonchev–Trinajstić information content (AvgIpc) is 2.38. The minimum atomic E-state index is 0.0726. The second-order valence-electron chi connectivity index (χ2n) is 5.23. The highest BCUT2D eigenvalue weighted by atomic mass is 16.3. The van der Waals surface area contributed by atoms with Crippen molar-refractivity contribution >= 4 is 5.82 Å². The first-order valence-electron chi connectivity index (χ1n) is 7.46. The highest BCUT2D eigenvalue weighted by Gasteiger charge is 2.14. The molecule has 0 bridgehead atoms. The third-order valence-corrected chi connectivity index (χ3v) is 3.47. The lowest BCUT2D eigenvalue weighted by molar-refractivity contribution is 0.280. The number of nitrogens with zero attached hydrogens (tertiary/aromatic N) is 2. The van der Waals surface area contributed by atoms with Crippen LogP contribution in [0.25, 0.3) is 0 Å². The molecule has 0 aromatic carbocycles. The molecule has 19 heavy (non-hydrogen) atoms. The van der Waals surface area contributed by atoms with Crippen molar-refractivity contribution in [1.29, 1.82) is 0 Å². The fraction of sp³-hybridized carbons (Fsp3) is 0.688. The van der Waals surface area contributed by atoms with E-state index >= 15 is 0 Å². The van der Waals surface area contributed by atoms with Crippen LogP contribution in [0.2, 0.25) is 0 Å². The van der Waals surface area contributed by atoms with E-state index in [1.807, 2.05) is 13.0 Å². The zero-order valence-corrected chi connectivity index (χ0v) is 12.9. The van der Waals surface area contributed by atoms with Crippen LogP contribution < -0.4 is 4.90 Å². The Balaban J connectivity index is 3.04. The molecule has 1 rings (SSSR count). The molecule has 0 amide bonds. The molecule has 0 fully saturated rings. The summed E-state index contributed by atoms with van der Waals surface area (Å²) in [5.74, 6) is 0.988. The lowest BCUT2D eigenvalue weighted by atomic mass is 10.1. The maximum atomic E-state index is 9.62. The normalized spacial score (nSPS) is 10.8. The van der Waals surface area contributed by atoms with Crippen LogP contribution in [-0.4, -0.2) is 23.2 Å². The number of aryl methyl sites for hydroxylation is 2. The van der Waals surface area contributed by atoms with Crippen molar-refractivity contribution in [2.75, 3.05) is 18.0 Å². The summed E-state index contributed by atoms with van der Waals surface area (Å²) in [6, 6.07) is 2.05. The molecule has 0 radical (unpaired) electrons. The lowest BCUT2D eigenvalue weighted by Gasteiger charge is -2.26. The van der Waals surface area contributed by atoms with Crippen molar-refractivity contribution in [1.82, 2.24) is 4.98 Å². The number of aliphatic hydroxyl groups excluding tert-OH is 1. The van der Waals surface area contributed by atoms with Gasteiger partial charge in [0.05, 0.1) is 6.61 Å². The molecule has 1 aromatic heterocycles. The first-order valence-corrected chi connectivity index (χ1v) is 7.46. The van der Waals surface area contributed by atoms with Crippen LogP contribution in [0.1, 0.15) is 56.4 Å². The van der Waals surface area contributed by atoms with E-state index in [1.165, 1.54) is 25.7 Å². The van der Waals surface area contributed by atoms with Crippen molar-refractivity contribution in [3.8, 4) is 0 Å². The molecular weight excluding hydrogens is 236 g/mol. The Morgan fingerprint density at radius 3 is 2.16 bits per heavy atom. The molecule has 0 spiro atoms. The summed E-state index contributed by atoms with van der Waals surface area (Å²) in [7, 11) is 0. The number of hydrogen-bond donors (Lipinski definition) is 1. The fourth-order valence-electron chi connectivity index (χ4n) is 2.32. The molecule has 0 aliphatic carbocycles. The second kappa shape index (κ2) is 8.16. The Kier molecular flexibility index (Phi) is 6.85. The molecule has 0 aliphatic heterocycles. The van der Waals surface area contributed by atoms with E-state index in [9.17, 15) is 5.11 Å². The minimum Gasteiger partial charge on any atom is -0.392 e.